The Morgan fingerprint density at radius 1 is 0.957 bits per heavy atom. The van der Waals surface area contributed by atoms with Gasteiger partial charge in [0, 0.05) is 18.2 Å². The smallest absolute Gasteiger partial charge is 0.319 e. The molecule has 0 aliphatic rings. The van der Waals surface area contributed by atoms with Gasteiger partial charge in [0.2, 0.25) is 0 Å². The average Bonchev–Trinajstić information content (AvgIpc) is 2.60. The van der Waals surface area contributed by atoms with E-state index in [9.17, 15) is 4.79 Å². The molecule has 2 rings (SSSR count). The van der Waals surface area contributed by atoms with Gasteiger partial charge in [-0.2, -0.15) is 0 Å². The summed E-state index contributed by atoms with van der Waals surface area (Å²) in [6.07, 6.45) is 0. The number of nitrogens with one attached hydrogen (secondary N) is 2. The van der Waals surface area contributed by atoms with Crippen molar-refractivity contribution in [2.45, 2.75) is 6.54 Å². The fourth-order valence-electron chi connectivity index (χ4n) is 2.10. The molecule has 6 nitrogen and oxygen atoms in total. The number of rotatable bonds is 6. The summed E-state index contributed by atoms with van der Waals surface area (Å²) in [6.45, 7) is 0.349. The third-order valence-corrected chi connectivity index (χ3v) is 3.29. The summed E-state index contributed by atoms with van der Waals surface area (Å²) in [5.74, 6) is 1.91. The van der Waals surface area contributed by atoms with Crippen LogP contribution in [0, 0.1) is 0 Å². The van der Waals surface area contributed by atoms with Gasteiger partial charge in [-0.3, -0.25) is 0 Å². The second-order valence-electron chi connectivity index (χ2n) is 4.69. The van der Waals surface area contributed by atoms with E-state index in [-0.39, 0.29) is 6.03 Å². The molecular weight excluding hydrogens is 296 g/mol. The molecular formula is C17H20N2O4. The number of carbonyl (C=O) groups excluding carboxylic acids is 1. The van der Waals surface area contributed by atoms with Crippen molar-refractivity contribution in [3.8, 4) is 17.2 Å². The van der Waals surface area contributed by atoms with E-state index in [0.717, 1.165) is 11.3 Å². The zero-order chi connectivity index (χ0) is 16.7. The Kier molecular flexibility index (Phi) is 5.68. The van der Waals surface area contributed by atoms with Gasteiger partial charge in [-0.15, -0.1) is 0 Å². The third kappa shape index (κ3) is 4.29. The second-order valence-corrected chi connectivity index (χ2v) is 4.69. The zero-order valence-electron chi connectivity index (χ0n) is 13.4. The monoisotopic (exact) mass is 316 g/mol. The van der Waals surface area contributed by atoms with Crippen LogP contribution in [0.15, 0.2) is 42.5 Å². The topological polar surface area (TPSA) is 68.8 Å². The highest BCUT2D eigenvalue weighted by molar-refractivity contribution is 5.91. The number of methoxy groups -OCH3 is 3. The number of urea groups is 1. The SMILES string of the molecule is COc1ccc(OC)c(NC(=O)NCc2ccccc2OC)c1. The van der Waals surface area contributed by atoms with Gasteiger partial charge in [-0.1, -0.05) is 18.2 Å². The van der Waals surface area contributed by atoms with Gasteiger partial charge in [0.1, 0.15) is 17.2 Å². The summed E-state index contributed by atoms with van der Waals surface area (Å²) in [5, 5.41) is 5.53. The summed E-state index contributed by atoms with van der Waals surface area (Å²) in [6, 6.07) is 12.4. The summed E-state index contributed by atoms with van der Waals surface area (Å²) >= 11 is 0. The minimum atomic E-state index is -0.345. The van der Waals surface area contributed by atoms with Gasteiger partial charge >= 0.3 is 6.03 Å². The fraction of sp³-hybridized carbons (Fsp3) is 0.235. The molecule has 6 heteroatoms. The van der Waals surface area contributed by atoms with Crippen LogP contribution in [0.25, 0.3) is 0 Å². The van der Waals surface area contributed by atoms with Crippen LogP contribution in [0.5, 0.6) is 17.2 Å². The van der Waals surface area contributed by atoms with Gasteiger partial charge in [0.25, 0.3) is 0 Å². The highest BCUT2D eigenvalue weighted by Crippen LogP contribution is 2.28. The van der Waals surface area contributed by atoms with E-state index in [1.165, 1.54) is 0 Å². The molecule has 0 fully saturated rings. The molecule has 122 valence electrons. The maximum Gasteiger partial charge on any atom is 0.319 e. The summed E-state index contributed by atoms with van der Waals surface area (Å²) < 4.78 is 15.6. The largest absolute Gasteiger partial charge is 0.497 e. The zero-order valence-corrected chi connectivity index (χ0v) is 13.4. The first-order valence-corrected chi connectivity index (χ1v) is 7.06. The van der Waals surface area contributed by atoms with Crippen LogP contribution in [0.1, 0.15) is 5.56 Å². The van der Waals surface area contributed by atoms with Crippen LogP contribution in [-0.4, -0.2) is 27.4 Å². The second kappa shape index (κ2) is 7.93. The Balaban J connectivity index is 2.02. The molecule has 0 unspecified atom stereocenters. The standard InChI is InChI=1S/C17H20N2O4/c1-21-13-8-9-16(23-3)14(10-13)19-17(20)18-11-12-6-4-5-7-15(12)22-2/h4-10H,11H2,1-3H3,(H2,18,19,20). The Morgan fingerprint density at radius 3 is 2.39 bits per heavy atom. The molecule has 0 spiro atoms. The lowest BCUT2D eigenvalue weighted by molar-refractivity contribution is 0.251. The van der Waals surface area contributed by atoms with Crippen molar-refractivity contribution in [3.63, 3.8) is 0 Å². The predicted molar refractivity (Wildman–Crippen MR) is 88.4 cm³/mol. The molecule has 23 heavy (non-hydrogen) atoms. The molecule has 0 bridgehead atoms. The number of carbonyl (C=O) groups is 1. The third-order valence-electron chi connectivity index (χ3n) is 3.29. The number of benzene rings is 2. The molecule has 0 atom stereocenters. The normalized spacial score (nSPS) is 9.87. The summed E-state index contributed by atoms with van der Waals surface area (Å²) in [4.78, 5) is 12.1. The van der Waals surface area contributed by atoms with Crippen molar-refractivity contribution in [3.05, 3.63) is 48.0 Å². The molecule has 0 saturated heterocycles. The molecule has 2 amide bonds. The van der Waals surface area contributed by atoms with Crippen LogP contribution in [0.3, 0.4) is 0 Å². The van der Waals surface area contributed by atoms with Crippen molar-refractivity contribution >= 4 is 11.7 Å². The molecule has 0 saturated carbocycles. The molecule has 0 aliphatic carbocycles. The predicted octanol–water partition coefficient (Wildman–Crippen LogP) is 3.03. The van der Waals surface area contributed by atoms with E-state index in [1.807, 2.05) is 24.3 Å². The average molecular weight is 316 g/mol. The first-order valence-electron chi connectivity index (χ1n) is 7.06. The van der Waals surface area contributed by atoms with Gasteiger partial charge in [-0.25, -0.2) is 4.79 Å². The lowest BCUT2D eigenvalue weighted by Crippen LogP contribution is -2.28. The number of hydrogen-bond donors (Lipinski definition) is 2. The van der Waals surface area contributed by atoms with E-state index in [0.29, 0.717) is 23.7 Å². The van der Waals surface area contributed by atoms with Crippen molar-refractivity contribution in [1.82, 2.24) is 5.32 Å². The van der Waals surface area contributed by atoms with Crippen LogP contribution < -0.4 is 24.8 Å². The van der Waals surface area contributed by atoms with Gasteiger partial charge in [-0.05, 0) is 18.2 Å². The van der Waals surface area contributed by atoms with E-state index in [2.05, 4.69) is 10.6 Å². The fourth-order valence-corrected chi connectivity index (χ4v) is 2.10. The number of amides is 2. The Morgan fingerprint density at radius 2 is 1.70 bits per heavy atom. The maximum absolute atomic E-state index is 12.1. The lowest BCUT2D eigenvalue weighted by Gasteiger charge is -2.13. The van der Waals surface area contributed by atoms with Gasteiger partial charge in [0.05, 0.1) is 27.0 Å². The Hall–Kier alpha value is -2.89. The van der Waals surface area contributed by atoms with E-state index in [4.69, 9.17) is 14.2 Å². The minimum Gasteiger partial charge on any atom is -0.497 e. The summed E-state index contributed by atoms with van der Waals surface area (Å²) in [7, 11) is 4.70. The minimum absolute atomic E-state index is 0.345. The van der Waals surface area contributed by atoms with Gasteiger partial charge in [0.15, 0.2) is 0 Å². The quantitative estimate of drug-likeness (QED) is 0.859. The molecule has 2 aromatic carbocycles. The molecule has 2 N–H and O–H groups in total. The van der Waals surface area contributed by atoms with Crippen molar-refractivity contribution < 1.29 is 19.0 Å². The highest BCUT2D eigenvalue weighted by atomic mass is 16.5. The van der Waals surface area contributed by atoms with Gasteiger partial charge < -0.3 is 24.8 Å². The van der Waals surface area contributed by atoms with E-state index < -0.39 is 0 Å². The maximum atomic E-state index is 12.1. The molecule has 0 aromatic heterocycles. The highest BCUT2D eigenvalue weighted by Gasteiger charge is 2.10. The lowest BCUT2D eigenvalue weighted by atomic mass is 10.2. The Labute approximate surface area is 135 Å². The molecule has 0 aliphatic heterocycles. The number of ether oxygens (including phenoxy) is 3. The van der Waals surface area contributed by atoms with Crippen LogP contribution in [-0.2, 0) is 6.54 Å². The van der Waals surface area contributed by atoms with Crippen molar-refractivity contribution in [1.29, 1.82) is 0 Å². The summed E-state index contributed by atoms with van der Waals surface area (Å²) in [5.41, 5.74) is 1.42. The first kappa shape index (κ1) is 16.5. The van der Waals surface area contributed by atoms with Crippen LogP contribution in [0.4, 0.5) is 10.5 Å². The first-order chi connectivity index (χ1) is 11.2. The van der Waals surface area contributed by atoms with Crippen molar-refractivity contribution in [2.75, 3.05) is 26.6 Å². The number of hydrogen-bond acceptors (Lipinski definition) is 4. The van der Waals surface area contributed by atoms with Crippen molar-refractivity contribution in [2.24, 2.45) is 0 Å². The molecule has 2 aromatic rings. The number of anilines is 1. The van der Waals surface area contributed by atoms with Crippen LogP contribution in [0.2, 0.25) is 0 Å². The number of para-hydroxylation sites is 1. The molecule has 0 heterocycles. The Bertz CT molecular complexity index is 673. The van der Waals surface area contributed by atoms with E-state index in [1.54, 1.807) is 39.5 Å². The van der Waals surface area contributed by atoms with Crippen LogP contribution >= 0.6 is 0 Å². The molecule has 0 radical (unpaired) electrons. The van der Waals surface area contributed by atoms with E-state index >= 15 is 0 Å².